The van der Waals surface area contributed by atoms with Crippen LogP contribution in [0.5, 0.6) is 0 Å². The Morgan fingerprint density at radius 3 is 2.85 bits per heavy atom. The Morgan fingerprint density at radius 2 is 2.25 bits per heavy atom. The lowest BCUT2D eigenvalue weighted by Crippen LogP contribution is -2.45. The molecule has 1 rings (SSSR count). The van der Waals surface area contributed by atoms with E-state index in [-0.39, 0.29) is 5.84 Å². The standard InChI is InChI=1S/C13H23N5O2/c1-13(19,9-18(2)3)8-15-7-10-4-5-16-11(6-10)12(14)17-20/h4-6,15,19-20H,7-9H2,1-3H3,(H2,14,17). The second-order valence-corrected chi connectivity index (χ2v) is 5.37. The Hall–Kier alpha value is -1.70. The second-order valence-electron chi connectivity index (χ2n) is 5.37. The SMILES string of the molecule is CN(C)CC(C)(O)CNCc1ccnc(/C(N)=N/O)c1. The maximum absolute atomic E-state index is 10.2. The van der Waals surface area contributed by atoms with Crippen molar-refractivity contribution in [3.05, 3.63) is 29.6 Å². The van der Waals surface area contributed by atoms with Crippen molar-refractivity contribution in [2.75, 3.05) is 27.2 Å². The predicted octanol–water partition coefficient (Wildman–Crippen LogP) is -0.422. The third-order valence-electron chi connectivity index (χ3n) is 2.69. The van der Waals surface area contributed by atoms with Crippen molar-refractivity contribution in [1.82, 2.24) is 15.2 Å². The lowest BCUT2D eigenvalue weighted by Gasteiger charge is -2.27. The zero-order chi connectivity index (χ0) is 15.2. The van der Waals surface area contributed by atoms with E-state index in [1.54, 1.807) is 19.2 Å². The van der Waals surface area contributed by atoms with Gasteiger partial charge in [-0.25, -0.2) is 0 Å². The van der Waals surface area contributed by atoms with Crippen LogP contribution in [-0.4, -0.2) is 58.8 Å². The lowest BCUT2D eigenvalue weighted by atomic mass is 10.1. The molecule has 0 fully saturated rings. The van der Waals surface area contributed by atoms with E-state index in [9.17, 15) is 5.11 Å². The number of oxime groups is 1. The third kappa shape index (κ3) is 5.52. The van der Waals surface area contributed by atoms with Crippen molar-refractivity contribution < 1.29 is 10.3 Å². The second kappa shape index (κ2) is 7.18. The van der Waals surface area contributed by atoms with Gasteiger partial charge >= 0.3 is 0 Å². The van der Waals surface area contributed by atoms with E-state index in [2.05, 4.69) is 15.5 Å². The number of pyridine rings is 1. The van der Waals surface area contributed by atoms with Gasteiger partial charge < -0.3 is 26.3 Å². The topological polar surface area (TPSA) is 107 Å². The monoisotopic (exact) mass is 281 g/mol. The summed E-state index contributed by atoms with van der Waals surface area (Å²) in [7, 11) is 3.83. The molecular weight excluding hydrogens is 258 g/mol. The molecule has 0 saturated carbocycles. The van der Waals surface area contributed by atoms with Crippen LogP contribution >= 0.6 is 0 Å². The third-order valence-corrected chi connectivity index (χ3v) is 2.69. The smallest absolute Gasteiger partial charge is 0.188 e. The molecule has 1 unspecified atom stereocenters. The Kier molecular flexibility index (Phi) is 5.87. The van der Waals surface area contributed by atoms with E-state index in [1.165, 1.54) is 0 Å². The van der Waals surface area contributed by atoms with Crippen molar-refractivity contribution in [3.8, 4) is 0 Å². The van der Waals surface area contributed by atoms with Crippen LogP contribution in [-0.2, 0) is 6.54 Å². The molecule has 0 aliphatic carbocycles. The Labute approximate surface area is 119 Å². The van der Waals surface area contributed by atoms with Crippen LogP contribution in [0.3, 0.4) is 0 Å². The summed E-state index contributed by atoms with van der Waals surface area (Å²) in [5, 5.41) is 24.9. The van der Waals surface area contributed by atoms with Crippen LogP contribution in [0.2, 0.25) is 0 Å². The van der Waals surface area contributed by atoms with Gasteiger partial charge in [0.1, 0.15) is 5.69 Å². The van der Waals surface area contributed by atoms with Crippen molar-refractivity contribution in [2.24, 2.45) is 10.9 Å². The molecule has 0 amide bonds. The van der Waals surface area contributed by atoms with E-state index < -0.39 is 5.60 Å². The van der Waals surface area contributed by atoms with Crippen LogP contribution in [0, 0.1) is 0 Å². The number of aliphatic hydroxyl groups is 1. The molecule has 0 bridgehead atoms. The molecule has 1 aromatic rings. The number of amidine groups is 1. The van der Waals surface area contributed by atoms with Gasteiger partial charge in [-0.1, -0.05) is 5.16 Å². The van der Waals surface area contributed by atoms with Gasteiger partial charge in [0, 0.05) is 25.8 Å². The summed E-state index contributed by atoms with van der Waals surface area (Å²) in [4.78, 5) is 5.94. The largest absolute Gasteiger partial charge is 0.409 e. The molecule has 20 heavy (non-hydrogen) atoms. The average molecular weight is 281 g/mol. The summed E-state index contributed by atoms with van der Waals surface area (Å²) in [5.41, 5.74) is 6.06. The number of rotatable bonds is 7. The molecule has 1 heterocycles. The zero-order valence-electron chi connectivity index (χ0n) is 12.2. The van der Waals surface area contributed by atoms with Gasteiger partial charge in [0.15, 0.2) is 5.84 Å². The molecule has 0 saturated heterocycles. The van der Waals surface area contributed by atoms with Gasteiger partial charge in [0.05, 0.1) is 5.60 Å². The molecule has 1 aromatic heterocycles. The lowest BCUT2D eigenvalue weighted by molar-refractivity contribution is 0.0336. The van der Waals surface area contributed by atoms with Crippen LogP contribution in [0.25, 0.3) is 0 Å². The molecule has 0 radical (unpaired) electrons. The van der Waals surface area contributed by atoms with Crippen LogP contribution in [0.15, 0.2) is 23.5 Å². The Bertz CT molecular complexity index is 460. The number of hydrogen-bond donors (Lipinski definition) is 4. The summed E-state index contributed by atoms with van der Waals surface area (Å²) in [6.07, 6.45) is 1.60. The molecule has 0 aromatic carbocycles. The Balaban J connectivity index is 2.54. The maximum atomic E-state index is 10.2. The van der Waals surface area contributed by atoms with E-state index in [1.807, 2.05) is 25.1 Å². The van der Waals surface area contributed by atoms with Crippen LogP contribution < -0.4 is 11.1 Å². The first-order valence-corrected chi connectivity index (χ1v) is 6.35. The van der Waals surface area contributed by atoms with E-state index in [0.717, 1.165) is 5.56 Å². The number of hydrogen-bond acceptors (Lipinski definition) is 6. The molecule has 7 heteroatoms. The molecule has 1 atom stereocenters. The van der Waals surface area contributed by atoms with Crippen LogP contribution in [0.4, 0.5) is 0 Å². The van der Waals surface area contributed by atoms with E-state index in [4.69, 9.17) is 10.9 Å². The van der Waals surface area contributed by atoms with Gasteiger partial charge in [0.2, 0.25) is 0 Å². The fourth-order valence-electron chi connectivity index (χ4n) is 1.99. The van der Waals surface area contributed by atoms with Gasteiger partial charge in [-0.3, -0.25) is 4.98 Å². The minimum atomic E-state index is -0.801. The number of aromatic nitrogens is 1. The molecule has 5 N–H and O–H groups in total. The highest BCUT2D eigenvalue weighted by Crippen LogP contribution is 2.05. The first-order chi connectivity index (χ1) is 9.34. The van der Waals surface area contributed by atoms with Crippen molar-refractivity contribution in [2.45, 2.75) is 19.1 Å². The van der Waals surface area contributed by atoms with E-state index >= 15 is 0 Å². The zero-order valence-corrected chi connectivity index (χ0v) is 12.2. The molecule has 7 nitrogen and oxygen atoms in total. The maximum Gasteiger partial charge on any atom is 0.188 e. The fourth-order valence-corrected chi connectivity index (χ4v) is 1.99. The highest BCUT2D eigenvalue weighted by atomic mass is 16.4. The number of nitrogens with zero attached hydrogens (tertiary/aromatic N) is 3. The van der Waals surface area contributed by atoms with Gasteiger partial charge in [0.25, 0.3) is 0 Å². The van der Waals surface area contributed by atoms with Crippen molar-refractivity contribution >= 4 is 5.84 Å². The van der Waals surface area contributed by atoms with Crippen molar-refractivity contribution in [1.29, 1.82) is 0 Å². The van der Waals surface area contributed by atoms with Crippen LogP contribution in [0.1, 0.15) is 18.2 Å². The molecular formula is C13H23N5O2. The van der Waals surface area contributed by atoms with Gasteiger partial charge in [-0.2, -0.15) is 0 Å². The quantitative estimate of drug-likeness (QED) is 0.234. The highest BCUT2D eigenvalue weighted by Gasteiger charge is 2.20. The average Bonchev–Trinajstić information content (AvgIpc) is 2.36. The first-order valence-electron chi connectivity index (χ1n) is 6.35. The van der Waals surface area contributed by atoms with Gasteiger partial charge in [-0.05, 0) is 38.7 Å². The van der Waals surface area contributed by atoms with Gasteiger partial charge in [-0.15, -0.1) is 0 Å². The summed E-state index contributed by atoms with van der Waals surface area (Å²) < 4.78 is 0. The summed E-state index contributed by atoms with van der Waals surface area (Å²) in [6, 6.07) is 3.57. The normalized spacial score (nSPS) is 15.3. The fraction of sp³-hybridized carbons (Fsp3) is 0.538. The minimum absolute atomic E-state index is 0.0218. The first kappa shape index (κ1) is 16.4. The number of nitrogens with two attached hydrogens (primary N) is 1. The summed E-state index contributed by atoms with van der Waals surface area (Å²) in [6.45, 7) is 3.39. The number of nitrogens with one attached hydrogen (secondary N) is 1. The summed E-state index contributed by atoms with van der Waals surface area (Å²) in [5.74, 6) is -0.0218. The highest BCUT2D eigenvalue weighted by molar-refractivity contribution is 5.95. The van der Waals surface area contributed by atoms with Crippen molar-refractivity contribution in [3.63, 3.8) is 0 Å². The molecule has 0 aliphatic rings. The van der Waals surface area contributed by atoms with E-state index in [0.29, 0.717) is 25.3 Å². The molecule has 0 spiro atoms. The molecule has 112 valence electrons. The number of likely N-dealkylation sites (N-methyl/N-ethyl adjacent to an activating group) is 1. The predicted molar refractivity (Wildman–Crippen MR) is 77.6 cm³/mol. The Morgan fingerprint density at radius 1 is 1.55 bits per heavy atom. The molecule has 0 aliphatic heterocycles. The summed E-state index contributed by atoms with van der Waals surface area (Å²) >= 11 is 0. The minimum Gasteiger partial charge on any atom is -0.409 e.